The molecule has 0 aliphatic rings. The van der Waals surface area contributed by atoms with Gasteiger partial charge < -0.3 is 10.1 Å². The Morgan fingerprint density at radius 1 is 1.00 bits per heavy atom. The van der Waals surface area contributed by atoms with Crippen molar-refractivity contribution in [2.45, 2.75) is 39.5 Å². The molecule has 0 saturated carbocycles. The van der Waals surface area contributed by atoms with Gasteiger partial charge in [-0.05, 0) is 61.7 Å². The van der Waals surface area contributed by atoms with Gasteiger partial charge in [0.2, 0.25) is 10.0 Å². The fourth-order valence-electron chi connectivity index (χ4n) is 2.86. The Kier molecular flexibility index (Phi) is 7.21. The molecular formula is C21H28N2O4S. The summed E-state index contributed by atoms with van der Waals surface area (Å²) < 4.78 is 32.2. The minimum atomic E-state index is -3.52. The number of nitrogens with one attached hydrogen (secondary N) is 1. The smallest absolute Gasteiger partial charge is 0.262 e. The summed E-state index contributed by atoms with van der Waals surface area (Å²) >= 11 is 0. The van der Waals surface area contributed by atoms with Crippen LogP contribution in [-0.2, 0) is 14.8 Å². The fourth-order valence-corrected chi connectivity index (χ4v) is 4.40. The summed E-state index contributed by atoms with van der Waals surface area (Å²) in [5.74, 6) is 0.211. The van der Waals surface area contributed by atoms with Crippen molar-refractivity contribution >= 4 is 21.6 Å². The molecule has 1 amide bonds. The lowest BCUT2D eigenvalue weighted by molar-refractivity contribution is -0.118. The summed E-state index contributed by atoms with van der Waals surface area (Å²) in [5.41, 5.74) is 3.45. The van der Waals surface area contributed by atoms with Crippen LogP contribution in [0.2, 0.25) is 0 Å². The van der Waals surface area contributed by atoms with E-state index in [1.165, 1.54) is 10.4 Å². The maximum absolute atomic E-state index is 12.6. The predicted molar refractivity (Wildman–Crippen MR) is 111 cm³/mol. The van der Waals surface area contributed by atoms with Crippen molar-refractivity contribution < 1.29 is 17.9 Å². The van der Waals surface area contributed by atoms with E-state index in [4.69, 9.17) is 4.74 Å². The van der Waals surface area contributed by atoms with Gasteiger partial charge in [-0.2, -0.15) is 4.31 Å². The minimum absolute atomic E-state index is 0.156. The first-order valence-electron chi connectivity index (χ1n) is 9.29. The summed E-state index contributed by atoms with van der Waals surface area (Å²) in [6, 6.07) is 10.5. The zero-order chi connectivity index (χ0) is 20.9. The average molecular weight is 405 g/mol. The lowest BCUT2D eigenvalue weighted by atomic mass is 10.1. The monoisotopic (exact) mass is 404 g/mol. The van der Waals surface area contributed by atoms with E-state index in [0.29, 0.717) is 24.4 Å². The molecule has 0 fully saturated rings. The number of sulfonamides is 1. The van der Waals surface area contributed by atoms with E-state index in [9.17, 15) is 13.2 Å². The van der Waals surface area contributed by atoms with Crippen LogP contribution in [0, 0.1) is 20.8 Å². The molecule has 0 heterocycles. The van der Waals surface area contributed by atoms with E-state index in [1.807, 2.05) is 32.0 Å². The van der Waals surface area contributed by atoms with E-state index in [0.717, 1.165) is 16.8 Å². The molecule has 0 aromatic heterocycles. The molecule has 1 N–H and O–H groups in total. The van der Waals surface area contributed by atoms with Crippen LogP contribution in [0.25, 0.3) is 0 Å². The summed E-state index contributed by atoms with van der Waals surface area (Å²) in [5, 5.41) is 2.84. The third-order valence-electron chi connectivity index (χ3n) is 4.52. The van der Waals surface area contributed by atoms with Crippen LogP contribution in [0.15, 0.2) is 41.3 Å². The molecule has 0 unspecified atom stereocenters. The van der Waals surface area contributed by atoms with E-state index in [1.54, 1.807) is 32.9 Å². The fraction of sp³-hybridized carbons (Fsp3) is 0.381. The highest BCUT2D eigenvalue weighted by Crippen LogP contribution is 2.24. The van der Waals surface area contributed by atoms with Gasteiger partial charge in [-0.3, -0.25) is 4.79 Å². The van der Waals surface area contributed by atoms with E-state index in [-0.39, 0.29) is 17.4 Å². The Morgan fingerprint density at radius 3 is 2.29 bits per heavy atom. The van der Waals surface area contributed by atoms with E-state index in [2.05, 4.69) is 5.32 Å². The number of anilines is 1. The molecule has 152 valence electrons. The standard InChI is InChI=1S/C21H28N2O4S/c1-6-23(7-2)28(25,26)18-10-11-20(17(5)13-18)27-14-21(24)22-19-12-15(3)8-9-16(19)4/h8-13H,6-7,14H2,1-5H3,(H,22,24). The second-order valence-electron chi connectivity index (χ2n) is 6.67. The van der Waals surface area contributed by atoms with Crippen molar-refractivity contribution in [3.05, 3.63) is 53.1 Å². The maximum atomic E-state index is 12.6. The third-order valence-corrected chi connectivity index (χ3v) is 6.56. The predicted octanol–water partition coefficient (Wildman–Crippen LogP) is 3.66. The third kappa shape index (κ3) is 5.11. The number of carbonyl (C=O) groups is 1. The van der Waals surface area contributed by atoms with Gasteiger partial charge in [0, 0.05) is 18.8 Å². The van der Waals surface area contributed by atoms with Crippen LogP contribution in [0.4, 0.5) is 5.69 Å². The molecule has 0 atom stereocenters. The molecule has 2 aromatic rings. The number of amides is 1. The summed E-state index contributed by atoms with van der Waals surface area (Å²) in [6.45, 7) is 9.93. The number of rotatable bonds is 8. The summed E-state index contributed by atoms with van der Waals surface area (Å²) in [4.78, 5) is 12.4. The first-order chi connectivity index (χ1) is 13.2. The number of hydrogen-bond donors (Lipinski definition) is 1. The summed E-state index contributed by atoms with van der Waals surface area (Å²) in [6.07, 6.45) is 0. The van der Waals surface area contributed by atoms with Crippen molar-refractivity contribution in [3.8, 4) is 5.75 Å². The quantitative estimate of drug-likeness (QED) is 0.728. The number of carbonyl (C=O) groups excluding carboxylic acids is 1. The van der Waals surface area contributed by atoms with Crippen molar-refractivity contribution in [1.82, 2.24) is 4.31 Å². The molecule has 2 aromatic carbocycles. The molecule has 0 aliphatic carbocycles. The molecule has 0 radical (unpaired) electrons. The van der Waals surface area contributed by atoms with E-state index < -0.39 is 10.0 Å². The van der Waals surface area contributed by atoms with Crippen LogP contribution in [0.5, 0.6) is 5.75 Å². The molecule has 2 rings (SSSR count). The van der Waals surface area contributed by atoms with Crippen LogP contribution in [0.1, 0.15) is 30.5 Å². The average Bonchev–Trinajstić information content (AvgIpc) is 2.64. The lowest BCUT2D eigenvalue weighted by Gasteiger charge is -2.19. The molecule has 0 saturated heterocycles. The Labute approximate surface area is 167 Å². The summed E-state index contributed by atoms with van der Waals surface area (Å²) in [7, 11) is -3.52. The van der Waals surface area contributed by atoms with Crippen LogP contribution in [0.3, 0.4) is 0 Å². The van der Waals surface area contributed by atoms with Gasteiger partial charge in [0.1, 0.15) is 5.75 Å². The molecule has 0 aliphatic heterocycles. The van der Waals surface area contributed by atoms with Crippen LogP contribution >= 0.6 is 0 Å². The maximum Gasteiger partial charge on any atom is 0.262 e. The van der Waals surface area contributed by atoms with Gasteiger partial charge in [-0.15, -0.1) is 0 Å². The van der Waals surface area contributed by atoms with Crippen molar-refractivity contribution in [2.24, 2.45) is 0 Å². The number of ether oxygens (including phenoxy) is 1. The number of nitrogens with zero attached hydrogens (tertiary/aromatic N) is 1. The minimum Gasteiger partial charge on any atom is -0.483 e. The molecular weight excluding hydrogens is 376 g/mol. The van der Waals surface area contributed by atoms with Crippen LogP contribution in [-0.4, -0.2) is 38.3 Å². The Hall–Kier alpha value is -2.38. The molecule has 0 bridgehead atoms. The van der Waals surface area contributed by atoms with Gasteiger partial charge in [-0.1, -0.05) is 26.0 Å². The van der Waals surface area contributed by atoms with Crippen LogP contribution < -0.4 is 10.1 Å². The SMILES string of the molecule is CCN(CC)S(=O)(=O)c1ccc(OCC(=O)Nc2cc(C)ccc2C)c(C)c1. The Morgan fingerprint density at radius 2 is 1.68 bits per heavy atom. The molecule has 6 nitrogen and oxygen atoms in total. The topological polar surface area (TPSA) is 75.7 Å². The van der Waals surface area contributed by atoms with Gasteiger partial charge in [0.05, 0.1) is 4.90 Å². The Balaban J connectivity index is 2.07. The highest BCUT2D eigenvalue weighted by molar-refractivity contribution is 7.89. The van der Waals surface area contributed by atoms with Crippen molar-refractivity contribution in [3.63, 3.8) is 0 Å². The van der Waals surface area contributed by atoms with Gasteiger partial charge in [0.25, 0.3) is 5.91 Å². The molecule has 28 heavy (non-hydrogen) atoms. The van der Waals surface area contributed by atoms with E-state index >= 15 is 0 Å². The largest absolute Gasteiger partial charge is 0.483 e. The Bertz CT molecular complexity index is 951. The lowest BCUT2D eigenvalue weighted by Crippen LogP contribution is -2.30. The first kappa shape index (κ1) is 21.9. The number of benzene rings is 2. The number of hydrogen-bond acceptors (Lipinski definition) is 4. The normalized spacial score (nSPS) is 11.5. The van der Waals surface area contributed by atoms with Gasteiger partial charge in [0.15, 0.2) is 6.61 Å². The number of aryl methyl sites for hydroxylation is 3. The van der Waals surface area contributed by atoms with Crippen molar-refractivity contribution in [1.29, 1.82) is 0 Å². The second kappa shape index (κ2) is 9.21. The molecule has 0 spiro atoms. The zero-order valence-electron chi connectivity index (χ0n) is 17.1. The highest BCUT2D eigenvalue weighted by atomic mass is 32.2. The zero-order valence-corrected chi connectivity index (χ0v) is 17.9. The van der Waals surface area contributed by atoms with Gasteiger partial charge >= 0.3 is 0 Å². The second-order valence-corrected chi connectivity index (χ2v) is 8.61. The molecule has 7 heteroatoms. The first-order valence-corrected chi connectivity index (χ1v) is 10.7. The van der Waals surface area contributed by atoms with Gasteiger partial charge in [-0.25, -0.2) is 8.42 Å². The highest BCUT2D eigenvalue weighted by Gasteiger charge is 2.22. The van der Waals surface area contributed by atoms with Crippen molar-refractivity contribution in [2.75, 3.05) is 25.0 Å².